The number of nitrogens with one attached hydrogen (secondary N) is 1. The van der Waals surface area contributed by atoms with Gasteiger partial charge in [0.1, 0.15) is 0 Å². The normalized spacial score (nSPS) is 11.2. The highest BCUT2D eigenvalue weighted by Crippen LogP contribution is 2.16. The molecule has 0 aliphatic rings. The summed E-state index contributed by atoms with van der Waals surface area (Å²) in [7, 11) is 0.651. The molecule has 0 aliphatic carbocycles. The number of hydrogen-bond acceptors (Lipinski definition) is 5. The maximum absolute atomic E-state index is 11.9. The summed E-state index contributed by atoms with van der Waals surface area (Å²) in [4.78, 5) is 22.6. The zero-order valence-corrected chi connectivity index (χ0v) is 12.9. The summed E-state index contributed by atoms with van der Waals surface area (Å²) in [5.41, 5.74) is 0.461. The van der Waals surface area contributed by atoms with Crippen molar-refractivity contribution in [3.05, 3.63) is 24.3 Å². The van der Waals surface area contributed by atoms with Crippen LogP contribution in [0.25, 0.3) is 0 Å². The first kappa shape index (κ1) is 17.1. The number of sulfonamides is 1. The van der Waals surface area contributed by atoms with Crippen LogP contribution in [0.5, 0.6) is 0 Å². The van der Waals surface area contributed by atoms with Gasteiger partial charge in [-0.2, -0.15) is 0 Å². The standard InChI is InChI=1S/C13H18N2O5S/c1-15(2)21(18,19)11-6-4-10(5-7-11)14-12(16)8-9-13(17)20-3/h4-7H,8-9H2,1-3H3,(H,14,16). The fraction of sp³-hybridized carbons (Fsp3) is 0.385. The number of carbonyl (C=O) groups is 2. The number of nitrogens with zero attached hydrogens (tertiary/aromatic N) is 1. The number of carbonyl (C=O) groups excluding carboxylic acids is 2. The van der Waals surface area contributed by atoms with E-state index in [2.05, 4.69) is 10.1 Å². The van der Waals surface area contributed by atoms with E-state index in [1.165, 1.54) is 45.5 Å². The Morgan fingerprint density at radius 2 is 1.71 bits per heavy atom. The number of ether oxygens (including phenoxy) is 1. The number of hydrogen-bond donors (Lipinski definition) is 1. The zero-order chi connectivity index (χ0) is 16.0. The largest absolute Gasteiger partial charge is 0.469 e. The van der Waals surface area contributed by atoms with E-state index in [1.54, 1.807) is 0 Å². The van der Waals surface area contributed by atoms with Gasteiger partial charge < -0.3 is 10.1 Å². The van der Waals surface area contributed by atoms with E-state index in [-0.39, 0.29) is 23.6 Å². The van der Waals surface area contributed by atoms with Gasteiger partial charge in [0, 0.05) is 26.2 Å². The molecule has 0 atom stereocenters. The molecule has 1 rings (SSSR count). The molecule has 0 unspecified atom stereocenters. The smallest absolute Gasteiger partial charge is 0.306 e. The van der Waals surface area contributed by atoms with Crippen molar-refractivity contribution in [2.45, 2.75) is 17.7 Å². The van der Waals surface area contributed by atoms with Gasteiger partial charge in [0.05, 0.1) is 18.4 Å². The molecule has 0 spiro atoms. The first-order valence-electron chi connectivity index (χ1n) is 6.16. The Bertz CT molecular complexity index is 608. The lowest BCUT2D eigenvalue weighted by atomic mass is 10.2. The number of rotatable bonds is 6. The summed E-state index contributed by atoms with van der Waals surface area (Å²) in [5, 5.41) is 2.57. The molecule has 0 aromatic heterocycles. The molecule has 1 amide bonds. The van der Waals surface area contributed by atoms with Crippen molar-refractivity contribution in [3.8, 4) is 0 Å². The predicted octanol–water partition coefficient (Wildman–Crippen LogP) is 0.829. The molecule has 8 heteroatoms. The summed E-state index contributed by atoms with van der Waals surface area (Å²) < 4.78 is 29.3. The summed E-state index contributed by atoms with van der Waals surface area (Å²) >= 11 is 0. The van der Waals surface area contributed by atoms with Crippen molar-refractivity contribution >= 4 is 27.6 Å². The van der Waals surface area contributed by atoms with Crippen LogP contribution < -0.4 is 5.32 Å². The second-order valence-corrected chi connectivity index (χ2v) is 6.59. The highest BCUT2D eigenvalue weighted by molar-refractivity contribution is 7.89. The third-order valence-electron chi connectivity index (χ3n) is 2.70. The Balaban J connectivity index is 2.67. The van der Waals surface area contributed by atoms with Gasteiger partial charge in [0.15, 0.2) is 0 Å². The highest BCUT2D eigenvalue weighted by atomic mass is 32.2. The lowest BCUT2D eigenvalue weighted by Gasteiger charge is -2.12. The first-order valence-corrected chi connectivity index (χ1v) is 7.60. The van der Waals surface area contributed by atoms with E-state index in [0.717, 1.165) is 4.31 Å². The summed E-state index contributed by atoms with van der Waals surface area (Å²) in [6, 6.07) is 5.80. The SMILES string of the molecule is COC(=O)CCC(=O)Nc1ccc(S(=O)(=O)N(C)C)cc1. The Hall–Kier alpha value is -1.93. The molecule has 1 N–H and O–H groups in total. The second-order valence-electron chi connectivity index (χ2n) is 4.44. The van der Waals surface area contributed by atoms with Gasteiger partial charge in [-0.05, 0) is 24.3 Å². The monoisotopic (exact) mass is 314 g/mol. The molecule has 0 aliphatic heterocycles. The highest BCUT2D eigenvalue weighted by Gasteiger charge is 2.16. The number of methoxy groups -OCH3 is 1. The molecule has 0 saturated carbocycles. The fourth-order valence-electron chi connectivity index (χ4n) is 1.46. The van der Waals surface area contributed by atoms with Crippen LogP contribution in [-0.2, 0) is 24.3 Å². The molecular weight excluding hydrogens is 296 g/mol. The number of amides is 1. The van der Waals surface area contributed by atoms with E-state index in [9.17, 15) is 18.0 Å². The molecule has 0 bridgehead atoms. The van der Waals surface area contributed by atoms with Gasteiger partial charge >= 0.3 is 5.97 Å². The second kappa shape index (κ2) is 7.19. The average molecular weight is 314 g/mol. The minimum absolute atomic E-state index is 0.00439. The summed E-state index contributed by atoms with van der Waals surface area (Å²) in [5.74, 6) is -0.804. The van der Waals surface area contributed by atoms with Crippen LogP contribution in [0.1, 0.15) is 12.8 Å². The Labute approximate surface area is 123 Å². The van der Waals surface area contributed by atoms with Gasteiger partial charge in [-0.25, -0.2) is 12.7 Å². The van der Waals surface area contributed by atoms with Crippen LogP contribution in [0.15, 0.2) is 29.2 Å². The fourth-order valence-corrected chi connectivity index (χ4v) is 2.36. The lowest BCUT2D eigenvalue weighted by molar-refractivity contribution is -0.141. The molecule has 0 saturated heterocycles. The Morgan fingerprint density at radius 1 is 1.14 bits per heavy atom. The molecule has 1 aromatic rings. The van der Waals surface area contributed by atoms with Crippen molar-refractivity contribution < 1.29 is 22.7 Å². The van der Waals surface area contributed by atoms with E-state index < -0.39 is 16.0 Å². The topological polar surface area (TPSA) is 92.8 Å². The minimum atomic E-state index is -3.49. The van der Waals surface area contributed by atoms with Crippen molar-refractivity contribution in [1.29, 1.82) is 0 Å². The average Bonchev–Trinajstić information content (AvgIpc) is 2.45. The van der Waals surface area contributed by atoms with Crippen LogP contribution in [0.3, 0.4) is 0 Å². The van der Waals surface area contributed by atoms with Gasteiger partial charge in [-0.15, -0.1) is 0 Å². The van der Waals surface area contributed by atoms with Crippen molar-refractivity contribution in [2.24, 2.45) is 0 Å². The van der Waals surface area contributed by atoms with Crippen LogP contribution in [-0.4, -0.2) is 45.8 Å². The van der Waals surface area contributed by atoms with Crippen LogP contribution in [0.4, 0.5) is 5.69 Å². The minimum Gasteiger partial charge on any atom is -0.469 e. The summed E-state index contributed by atoms with van der Waals surface area (Å²) in [6.07, 6.45) is -0.000152. The number of esters is 1. The quantitative estimate of drug-likeness (QED) is 0.785. The molecule has 0 heterocycles. The van der Waals surface area contributed by atoms with E-state index in [1.807, 2.05) is 0 Å². The molecule has 0 radical (unpaired) electrons. The zero-order valence-electron chi connectivity index (χ0n) is 12.1. The van der Waals surface area contributed by atoms with Crippen molar-refractivity contribution in [2.75, 3.05) is 26.5 Å². The Morgan fingerprint density at radius 3 is 2.19 bits per heavy atom. The molecule has 0 fully saturated rings. The maximum Gasteiger partial charge on any atom is 0.306 e. The van der Waals surface area contributed by atoms with Gasteiger partial charge in [0.2, 0.25) is 15.9 Å². The van der Waals surface area contributed by atoms with E-state index in [0.29, 0.717) is 5.69 Å². The third kappa shape index (κ3) is 4.83. The van der Waals surface area contributed by atoms with Gasteiger partial charge in [-0.3, -0.25) is 9.59 Å². The number of benzene rings is 1. The molecular formula is C13H18N2O5S. The Kier molecular flexibility index (Phi) is 5.86. The molecule has 116 valence electrons. The van der Waals surface area contributed by atoms with E-state index >= 15 is 0 Å². The van der Waals surface area contributed by atoms with Crippen molar-refractivity contribution in [1.82, 2.24) is 4.31 Å². The predicted molar refractivity (Wildman–Crippen MR) is 77.2 cm³/mol. The third-order valence-corrected chi connectivity index (χ3v) is 4.53. The van der Waals surface area contributed by atoms with Gasteiger partial charge in [0.25, 0.3) is 0 Å². The van der Waals surface area contributed by atoms with E-state index in [4.69, 9.17) is 0 Å². The first-order chi connectivity index (χ1) is 9.77. The van der Waals surface area contributed by atoms with Crippen molar-refractivity contribution in [3.63, 3.8) is 0 Å². The van der Waals surface area contributed by atoms with Crippen LogP contribution in [0.2, 0.25) is 0 Å². The molecule has 1 aromatic carbocycles. The van der Waals surface area contributed by atoms with Gasteiger partial charge in [-0.1, -0.05) is 0 Å². The number of anilines is 1. The molecule has 21 heavy (non-hydrogen) atoms. The lowest BCUT2D eigenvalue weighted by Crippen LogP contribution is -2.22. The summed E-state index contributed by atoms with van der Waals surface area (Å²) in [6.45, 7) is 0. The van der Waals surface area contributed by atoms with Crippen LogP contribution in [0, 0.1) is 0 Å². The maximum atomic E-state index is 11.9. The molecule has 7 nitrogen and oxygen atoms in total. The van der Waals surface area contributed by atoms with Crippen LogP contribution >= 0.6 is 0 Å².